The normalized spacial score (nSPS) is 14.4. The van der Waals surface area contributed by atoms with Crippen molar-refractivity contribution in [3.63, 3.8) is 0 Å². The monoisotopic (exact) mass is 368 g/mol. The van der Waals surface area contributed by atoms with E-state index in [1.54, 1.807) is 6.07 Å². The third-order valence-corrected chi connectivity index (χ3v) is 4.64. The van der Waals surface area contributed by atoms with Gasteiger partial charge in [0.1, 0.15) is 5.70 Å². The maximum atomic E-state index is 12.9. The largest absolute Gasteiger partial charge is 0.350 e. The molecule has 4 nitrogen and oxygen atoms in total. The van der Waals surface area contributed by atoms with Crippen LogP contribution in [0.3, 0.4) is 0 Å². The van der Waals surface area contributed by atoms with E-state index >= 15 is 0 Å². The molecule has 2 aromatic carbocycles. The number of aryl methyl sites for hydroxylation is 2. The van der Waals surface area contributed by atoms with E-state index in [9.17, 15) is 9.59 Å². The minimum Gasteiger partial charge on any atom is -0.350 e. The van der Waals surface area contributed by atoms with Crippen LogP contribution in [0, 0.1) is 13.8 Å². The standard InChI is InChI=1S/C21H21ClN2O2/c1-4-11-24-20(25)18(15-7-5-13(2)6-8-15)19(21(24)26)23-17-10-9-16(22)12-14(17)3/h5-10,12,23H,4,11H2,1-3H3. The van der Waals surface area contributed by atoms with Gasteiger partial charge in [0.25, 0.3) is 11.8 Å². The Balaban J connectivity index is 2.09. The van der Waals surface area contributed by atoms with Crippen LogP contribution in [-0.4, -0.2) is 23.3 Å². The second-order valence-corrected chi connectivity index (χ2v) is 6.90. The summed E-state index contributed by atoms with van der Waals surface area (Å²) in [6.07, 6.45) is 0.714. The molecule has 0 bridgehead atoms. The Morgan fingerprint density at radius 3 is 2.31 bits per heavy atom. The van der Waals surface area contributed by atoms with Gasteiger partial charge < -0.3 is 5.32 Å². The van der Waals surface area contributed by atoms with Crippen LogP contribution in [0.2, 0.25) is 5.02 Å². The van der Waals surface area contributed by atoms with Crippen LogP contribution < -0.4 is 5.32 Å². The smallest absolute Gasteiger partial charge is 0.278 e. The van der Waals surface area contributed by atoms with Crippen molar-refractivity contribution in [1.29, 1.82) is 0 Å². The van der Waals surface area contributed by atoms with Crippen molar-refractivity contribution < 1.29 is 9.59 Å². The summed E-state index contributed by atoms with van der Waals surface area (Å²) in [5, 5.41) is 3.80. The van der Waals surface area contributed by atoms with Crippen LogP contribution in [0.15, 0.2) is 48.2 Å². The molecular formula is C21H21ClN2O2. The number of anilines is 1. The van der Waals surface area contributed by atoms with Gasteiger partial charge in [-0.2, -0.15) is 0 Å². The Bertz CT molecular complexity index is 901. The maximum Gasteiger partial charge on any atom is 0.278 e. The molecule has 0 aliphatic carbocycles. The van der Waals surface area contributed by atoms with Crippen molar-refractivity contribution >= 4 is 34.7 Å². The van der Waals surface area contributed by atoms with Gasteiger partial charge in [-0.3, -0.25) is 14.5 Å². The number of carbonyl (C=O) groups is 2. The van der Waals surface area contributed by atoms with Crippen LogP contribution in [0.5, 0.6) is 0 Å². The lowest BCUT2D eigenvalue weighted by Gasteiger charge is -2.14. The van der Waals surface area contributed by atoms with Gasteiger partial charge in [0.2, 0.25) is 0 Å². The summed E-state index contributed by atoms with van der Waals surface area (Å²) < 4.78 is 0. The van der Waals surface area contributed by atoms with Crippen molar-refractivity contribution in [1.82, 2.24) is 4.90 Å². The maximum absolute atomic E-state index is 12.9. The van der Waals surface area contributed by atoms with E-state index < -0.39 is 0 Å². The van der Waals surface area contributed by atoms with Crippen LogP contribution in [-0.2, 0) is 9.59 Å². The minimum absolute atomic E-state index is 0.255. The molecular weight excluding hydrogens is 348 g/mol. The highest BCUT2D eigenvalue weighted by Gasteiger charge is 2.38. The van der Waals surface area contributed by atoms with E-state index in [0.717, 1.165) is 22.4 Å². The van der Waals surface area contributed by atoms with E-state index in [0.29, 0.717) is 29.3 Å². The number of carbonyl (C=O) groups excluding carboxylic acids is 2. The molecule has 1 heterocycles. The SMILES string of the molecule is CCCN1C(=O)C(Nc2ccc(Cl)cc2C)=C(c2ccc(C)cc2)C1=O. The highest BCUT2D eigenvalue weighted by atomic mass is 35.5. The molecule has 134 valence electrons. The summed E-state index contributed by atoms with van der Waals surface area (Å²) in [6.45, 7) is 6.24. The molecule has 0 atom stereocenters. The first-order chi connectivity index (χ1) is 12.4. The third-order valence-electron chi connectivity index (χ3n) is 4.40. The predicted molar refractivity (Wildman–Crippen MR) is 105 cm³/mol. The number of nitrogens with zero attached hydrogens (tertiary/aromatic N) is 1. The van der Waals surface area contributed by atoms with Crippen LogP contribution in [0.1, 0.15) is 30.0 Å². The van der Waals surface area contributed by atoms with Gasteiger partial charge in [-0.15, -0.1) is 0 Å². The molecule has 0 saturated carbocycles. The summed E-state index contributed by atoms with van der Waals surface area (Å²) in [7, 11) is 0. The number of rotatable bonds is 5. The van der Waals surface area contributed by atoms with Gasteiger partial charge in [0.05, 0.1) is 5.57 Å². The first-order valence-electron chi connectivity index (χ1n) is 8.63. The fourth-order valence-corrected chi connectivity index (χ4v) is 3.24. The van der Waals surface area contributed by atoms with E-state index in [-0.39, 0.29) is 11.8 Å². The summed E-state index contributed by atoms with van der Waals surface area (Å²) in [4.78, 5) is 27.1. The number of hydrogen-bond donors (Lipinski definition) is 1. The van der Waals surface area contributed by atoms with Crippen LogP contribution in [0.4, 0.5) is 5.69 Å². The van der Waals surface area contributed by atoms with Gasteiger partial charge >= 0.3 is 0 Å². The van der Waals surface area contributed by atoms with Crippen LogP contribution in [0.25, 0.3) is 5.57 Å². The topological polar surface area (TPSA) is 49.4 Å². The Kier molecular flexibility index (Phi) is 5.14. The number of amides is 2. The Morgan fingerprint density at radius 2 is 1.69 bits per heavy atom. The molecule has 5 heteroatoms. The average Bonchev–Trinajstić information content (AvgIpc) is 2.83. The summed E-state index contributed by atoms with van der Waals surface area (Å²) in [6, 6.07) is 13.0. The van der Waals surface area contributed by atoms with Gasteiger partial charge in [0, 0.05) is 17.3 Å². The van der Waals surface area contributed by atoms with Gasteiger partial charge in [-0.05, 0) is 49.6 Å². The highest BCUT2D eigenvalue weighted by Crippen LogP contribution is 2.32. The minimum atomic E-state index is -0.290. The summed E-state index contributed by atoms with van der Waals surface area (Å²) >= 11 is 6.02. The number of benzene rings is 2. The Morgan fingerprint density at radius 1 is 1.00 bits per heavy atom. The molecule has 0 saturated heterocycles. The molecule has 3 rings (SSSR count). The lowest BCUT2D eigenvalue weighted by atomic mass is 10.0. The molecule has 2 amide bonds. The lowest BCUT2D eigenvalue weighted by Crippen LogP contribution is -2.33. The summed E-state index contributed by atoms with van der Waals surface area (Å²) in [5.41, 5.74) is 4.23. The first kappa shape index (κ1) is 18.2. The molecule has 0 radical (unpaired) electrons. The fraction of sp³-hybridized carbons (Fsp3) is 0.238. The number of hydrogen-bond acceptors (Lipinski definition) is 3. The van der Waals surface area contributed by atoms with Crippen molar-refractivity contribution in [3.05, 3.63) is 69.9 Å². The molecule has 0 unspecified atom stereocenters. The lowest BCUT2D eigenvalue weighted by molar-refractivity contribution is -0.136. The first-order valence-corrected chi connectivity index (χ1v) is 9.01. The van der Waals surface area contributed by atoms with E-state index in [4.69, 9.17) is 11.6 Å². The zero-order chi connectivity index (χ0) is 18.8. The van der Waals surface area contributed by atoms with E-state index in [2.05, 4.69) is 5.32 Å². The Hall–Kier alpha value is -2.59. The number of imide groups is 1. The van der Waals surface area contributed by atoms with Gasteiger partial charge in [-0.1, -0.05) is 48.4 Å². The number of halogens is 1. The van der Waals surface area contributed by atoms with E-state index in [1.165, 1.54) is 4.90 Å². The fourth-order valence-electron chi connectivity index (χ4n) is 3.01. The molecule has 0 aromatic heterocycles. The van der Waals surface area contributed by atoms with Crippen molar-refractivity contribution in [2.45, 2.75) is 27.2 Å². The zero-order valence-corrected chi connectivity index (χ0v) is 15.9. The molecule has 0 fully saturated rings. The molecule has 1 aliphatic heterocycles. The number of nitrogens with one attached hydrogen (secondary N) is 1. The van der Waals surface area contributed by atoms with Crippen molar-refractivity contribution in [2.75, 3.05) is 11.9 Å². The second-order valence-electron chi connectivity index (χ2n) is 6.46. The third kappa shape index (κ3) is 3.37. The van der Waals surface area contributed by atoms with Crippen LogP contribution >= 0.6 is 11.6 Å². The molecule has 0 spiro atoms. The van der Waals surface area contributed by atoms with E-state index in [1.807, 2.05) is 57.2 Å². The molecule has 2 aromatic rings. The van der Waals surface area contributed by atoms with Gasteiger partial charge in [-0.25, -0.2) is 0 Å². The quantitative estimate of drug-likeness (QED) is 0.787. The van der Waals surface area contributed by atoms with Crippen molar-refractivity contribution in [2.24, 2.45) is 0 Å². The molecule has 26 heavy (non-hydrogen) atoms. The average molecular weight is 369 g/mol. The second kappa shape index (κ2) is 7.34. The predicted octanol–water partition coefficient (Wildman–Crippen LogP) is 4.56. The zero-order valence-electron chi connectivity index (χ0n) is 15.1. The van der Waals surface area contributed by atoms with Gasteiger partial charge in [0.15, 0.2) is 0 Å². The molecule has 1 N–H and O–H groups in total. The molecule has 1 aliphatic rings. The summed E-state index contributed by atoms with van der Waals surface area (Å²) in [5.74, 6) is -0.545. The Labute approximate surface area is 158 Å². The van der Waals surface area contributed by atoms with Crippen molar-refractivity contribution in [3.8, 4) is 0 Å². The highest BCUT2D eigenvalue weighted by molar-refractivity contribution is 6.36.